The molecule has 0 atom stereocenters. The molecule has 23 heavy (non-hydrogen) atoms. The number of aromatic amines is 2. The summed E-state index contributed by atoms with van der Waals surface area (Å²) >= 11 is 0. The molecule has 2 aromatic carbocycles. The van der Waals surface area contributed by atoms with E-state index in [1.54, 1.807) is 18.2 Å². The summed E-state index contributed by atoms with van der Waals surface area (Å²) < 4.78 is 27.3. The van der Waals surface area contributed by atoms with E-state index in [1.165, 1.54) is 18.2 Å². The van der Waals surface area contributed by atoms with Gasteiger partial charge in [-0.05, 0) is 42.8 Å². The van der Waals surface area contributed by atoms with Crippen molar-refractivity contribution in [1.29, 1.82) is 0 Å². The van der Waals surface area contributed by atoms with E-state index in [0.29, 0.717) is 11.2 Å². The van der Waals surface area contributed by atoms with Crippen LogP contribution in [-0.2, 0) is 10.0 Å². The Kier molecular flexibility index (Phi) is 3.53. The second kappa shape index (κ2) is 5.40. The van der Waals surface area contributed by atoms with Crippen LogP contribution >= 0.6 is 0 Å². The Labute approximate surface area is 131 Å². The monoisotopic (exact) mass is 331 g/mol. The van der Waals surface area contributed by atoms with Crippen LogP contribution in [0.4, 0.5) is 5.69 Å². The topological polar surface area (TPSA) is 112 Å². The zero-order valence-electron chi connectivity index (χ0n) is 12.1. The number of H-pyrrole nitrogens is 2. The van der Waals surface area contributed by atoms with Gasteiger partial charge in [0.2, 0.25) is 0 Å². The lowest BCUT2D eigenvalue weighted by Gasteiger charge is -2.09. The van der Waals surface area contributed by atoms with Crippen LogP contribution in [0.25, 0.3) is 11.0 Å². The third-order valence-corrected chi connectivity index (χ3v) is 4.65. The van der Waals surface area contributed by atoms with Gasteiger partial charge in [-0.15, -0.1) is 0 Å². The van der Waals surface area contributed by atoms with Crippen molar-refractivity contribution in [1.82, 2.24) is 9.97 Å². The molecule has 1 aromatic heterocycles. The summed E-state index contributed by atoms with van der Waals surface area (Å²) in [6.07, 6.45) is 0. The summed E-state index contributed by atoms with van der Waals surface area (Å²) in [5, 5.41) is 0. The maximum atomic E-state index is 12.4. The Bertz CT molecular complexity index is 1110. The van der Waals surface area contributed by atoms with Crippen LogP contribution in [0.1, 0.15) is 5.56 Å². The number of fused-ring (bicyclic) bond motifs is 1. The van der Waals surface area contributed by atoms with E-state index >= 15 is 0 Å². The average Bonchev–Trinajstić information content (AvgIpc) is 2.47. The Balaban J connectivity index is 2.06. The minimum atomic E-state index is -3.81. The quantitative estimate of drug-likeness (QED) is 0.628. The predicted octanol–water partition coefficient (Wildman–Crippen LogP) is 1.33. The van der Waals surface area contributed by atoms with Gasteiger partial charge >= 0.3 is 11.1 Å². The summed E-state index contributed by atoms with van der Waals surface area (Å²) in [6.45, 7) is 1.86. The number of aromatic nitrogens is 2. The zero-order chi connectivity index (χ0) is 16.6. The smallest absolute Gasteiger partial charge is 0.314 e. The zero-order valence-corrected chi connectivity index (χ0v) is 12.9. The van der Waals surface area contributed by atoms with Crippen LogP contribution in [0, 0.1) is 6.92 Å². The number of nitrogens with one attached hydrogen (secondary N) is 3. The summed E-state index contributed by atoms with van der Waals surface area (Å²) in [5.41, 5.74) is 0.334. The highest BCUT2D eigenvalue weighted by atomic mass is 32.2. The highest BCUT2D eigenvalue weighted by Crippen LogP contribution is 2.19. The first-order valence-corrected chi connectivity index (χ1v) is 8.19. The van der Waals surface area contributed by atoms with Crippen molar-refractivity contribution in [3.63, 3.8) is 0 Å². The average molecular weight is 331 g/mol. The van der Waals surface area contributed by atoms with E-state index in [9.17, 15) is 18.0 Å². The molecule has 0 bridgehead atoms. The molecule has 118 valence electrons. The largest absolute Gasteiger partial charge is 0.316 e. The van der Waals surface area contributed by atoms with Gasteiger partial charge in [0, 0.05) is 5.69 Å². The number of anilines is 1. The number of sulfonamides is 1. The SMILES string of the molecule is Cc1cccc(NS(=O)(=O)c2ccc3[nH]c(=O)c(=O)[nH]c3c2)c1. The molecule has 0 amide bonds. The van der Waals surface area contributed by atoms with Crippen LogP contribution in [-0.4, -0.2) is 18.4 Å². The number of hydrogen-bond acceptors (Lipinski definition) is 4. The van der Waals surface area contributed by atoms with Crippen molar-refractivity contribution < 1.29 is 8.42 Å². The van der Waals surface area contributed by atoms with Crippen LogP contribution in [0.5, 0.6) is 0 Å². The van der Waals surface area contributed by atoms with Crippen LogP contribution in [0.15, 0.2) is 56.9 Å². The highest BCUT2D eigenvalue weighted by molar-refractivity contribution is 7.92. The van der Waals surface area contributed by atoms with Gasteiger partial charge in [-0.1, -0.05) is 12.1 Å². The first kappa shape index (κ1) is 15.0. The molecule has 0 saturated carbocycles. The Morgan fingerprint density at radius 2 is 1.61 bits per heavy atom. The van der Waals surface area contributed by atoms with Crippen molar-refractivity contribution in [2.45, 2.75) is 11.8 Å². The second-order valence-corrected chi connectivity index (χ2v) is 6.77. The van der Waals surface area contributed by atoms with E-state index in [-0.39, 0.29) is 10.4 Å². The molecule has 0 fully saturated rings. The molecule has 8 heteroatoms. The normalized spacial score (nSPS) is 11.5. The van der Waals surface area contributed by atoms with Gasteiger partial charge in [0.15, 0.2) is 0 Å². The number of aryl methyl sites for hydroxylation is 1. The minimum absolute atomic E-state index is 0.0193. The van der Waals surface area contributed by atoms with Gasteiger partial charge in [0.1, 0.15) is 0 Å². The van der Waals surface area contributed by atoms with Crippen molar-refractivity contribution >= 4 is 26.7 Å². The van der Waals surface area contributed by atoms with E-state index < -0.39 is 21.1 Å². The summed E-state index contributed by atoms with van der Waals surface area (Å²) in [5.74, 6) is 0. The first-order valence-electron chi connectivity index (χ1n) is 6.71. The molecule has 0 aliphatic rings. The number of hydrogen-bond donors (Lipinski definition) is 3. The van der Waals surface area contributed by atoms with Gasteiger partial charge < -0.3 is 9.97 Å². The molecule has 0 unspecified atom stereocenters. The molecule has 0 aliphatic heterocycles. The lowest BCUT2D eigenvalue weighted by Crippen LogP contribution is -2.29. The van der Waals surface area contributed by atoms with Crippen LogP contribution < -0.4 is 15.8 Å². The predicted molar refractivity (Wildman–Crippen MR) is 87.2 cm³/mol. The van der Waals surface area contributed by atoms with Gasteiger partial charge in [-0.25, -0.2) is 8.42 Å². The highest BCUT2D eigenvalue weighted by Gasteiger charge is 2.15. The molecule has 7 nitrogen and oxygen atoms in total. The van der Waals surface area contributed by atoms with Crippen molar-refractivity contribution in [2.24, 2.45) is 0 Å². The van der Waals surface area contributed by atoms with Gasteiger partial charge in [0.25, 0.3) is 10.0 Å². The number of benzene rings is 2. The summed E-state index contributed by atoms with van der Waals surface area (Å²) in [6, 6.07) is 11.0. The first-order chi connectivity index (χ1) is 10.8. The fourth-order valence-corrected chi connectivity index (χ4v) is 3.26. The Morgan fingerprint density at radius 1 is 0.913 bits per heavy atom. The second-order valence-electron chi connectivity index (χ2n) is 5.09. The molecular weight excluding hydrogens is 318 g/mol. The minimum Gasteiger partial charge on any atom is -0.316 e. The third kappa shape index (κ3) is 3.02. The molecule has 0 spiro atoms. The maximum Gasteiger partial charge on any atom is 0.314 e. The van der Waals surface area contributed by atoms with E-state index in [2.05, 4.69) is 14.7 Å². The summed E-state index contributed by atoms with van der Waals surface area (Å²) in [4.78, 5) is 27.3. The lowest BCUT2D eigenvalue weighted by atomic mass is 10.2. The van der Waals surface area contributed by atoms with Crippen LogP contribution in [0.2, 0.25) is 0 Å². The van der Waals surface area contributed by atoms with Gasteiger partial charge in [-0.3, -0.25) is 14.3 Å². The third-order valence-electron chi connectivity index (χ3n) is 3.27. The molecular formula is C15H13N3O4S. The fourth-order valence-electron chi connectivity index (χ4n) is 2.18. The van der Waals surface area contributed by atoms with E-state index in [1.807, 2.05) is 13.0 Å². The molecule has 1 heterocycles. The molecule has 3 aromatic rings. The van der Waals surface area contributed by atoms with E-state index in [0.717, 1.165) is 5.56 Å². The molecule has 0 radical (unpaired) electrons. The van der Waals surface area contributed by atoms with Crippen LogP contribution in [0.3, 0.4) is 0 Å². The fraction of sp³-hybridized carbons (Fsp3) is 0.0667. The van der Waals surface area contributed by atoms with Gasteiger partial charge in [0.05, 0.1) is 15.9 Å². The maximum absolute atomic E-state index is 12.4. The van der Waals surface area contributed by atoms with E-state index in [4.69, 9.17) is 0 Å². The standard InChI is InChI=1S/C15H13N3O4S/c1-9-3-2-4-10(7-9)18-23(21,22)11-5-6-12-13(8-11)17-15(20)14(19)16-12/h2-8,18H,1H3,(H,16,19)(H,17,20). The number of rotatable bonds is 3. The summed E-state index contributed by atoms with van der Waals surface area (Å²) in [7, 11) is -3.81. The molecule has 0 aliphatic carbocycles. The Morgan fingerprint density at radius 3 is 2.30 bits per heavy atom. The molecule has 3 rings (SSSR count). The lowest BCUT2D eigenvalue weighted by molar-refractivity contribution is 0.601. The van der Waals surface area contributed by atoms with Gasteiger partial charge in [-0.2, -0.15) is 0 Å². The van der Waals surface area contributed by atoms with Crippen molar-refractivity contribution in [2.75, 3.05) is 4.72 Å². The Hall–Kier alpha value is -2.87. The molecule has 3 N–H and O–H groups in total. The van der Waals surface area contributed by atoms with Crippen molar-refractivity contribution in [3.05, 3.63) is 68.7 Å². The molecule has 0 saturated heterocycles. The van der Waals surface area contributed by atoms with Crippen molar-refractivity contribution in [3.8, 4) is 0 Å².